The van der Waals surface area contributed by atoms with Crippen molar-refractivity contribution in [3.05, 3.63) is 0 Å². The lowest BCUT2D eigenvalue weighted by Gasteiger charge is -2.42. The molecular formula is C10H19NO2. The second-order valence-corrected chi connectivity index (χ2v) is 5.21. The van der Waals surface area contributed by atoms with Crippen molar-refractivity contribution < 1.29 is 9.47 Å². The van der Waals surface area contributed by atoms with Crippen LogP contribution in [-0.2, 0) is 9.47 Å². The highest BCUT2D eigenvalue weighted by Crippen LogP contribution is 2.28. The van der Waals surface area contributed by atoms with Crippen molar-refractivity contribution in [1.82, 2.24) is 5.32 Å². The van der Waals surface area contributed by atoms with Gasteiger partial charge in [0.05, 0.1) is 26.4 Å². The molecular weight excluding hydrogens is 166 g/mol. The van der Waals surface area contributed by atoms with Gasteiger partial charge in [0.15, 0.2) is 0 Å². The third kappa shape index (κ3) is 2.03. The molecule has 13 heavy (non-hydrogen) atoms. The van der Waals surface area contributed by atoms with E-state index in [0.717, 1.165) is 39.5 Å². The summed E-state index contributed by atoms with van der Waals surface area (Å²) in [4.78, 5) is 0. The summed E-state index contributed by atoms with van der Waals surface area (Å²) in [7, 11) is 0. The number of ether oxygens (including phenoxy) is 2. The maximum absolute atomic E-state index is 5.20. The van der Waals surface area contributed by atoms with E-state index >= 15 is 0 Å². The van der Waals surface area contributed by atoms with Gasteiger partial charge in [0.2, 0.25) is 0 Å². The Hall–Kier alpha value is -0.120. The summed E-state index contributed by atoms with van der Waals surface area (Å²) < 4.78 is 10.4. The Labute approximate surface area is 79.8 Å². The molecule has 0 bridgehead atoms. The van der Waals surface area contributed by atoms with Crippen molar-refractivity contribution >= 4 is 0 Å². The van der Waals surface area contributed by atoms with E-state index in [9.17, 15) is 0 Å². The van der Waals surface area contributed by atoms with Gasteiger partial charge in [0, 0.05) is 23.9 Å². The molecule has 0 aliphatic carbocycles. The van der Waals surface area contributed by atoms with Crippen LogP contribution in [0.4, 0.5) is 0 Å². The summed E-state index contributed by atoms with van der Waals surface area (Å²) in [6, 6.07) is 0. The zero-order valence-electron chi connectivity index (χ0n) is 8.56. The van der Waals surface area contributed by atoms with Crippen molar-refractivity contribution in [3.8, 4) is 0 Å². The maximum atomic E-state index is 5.20. The molecule has 2 aliphatic rings. The summed E-state index contributed by atoms with van der Waals surface area (Å²) in [5.41, 5.74) is 0.780. The monoisotopic (exact) mass is 185 g/mol. The molecule has 2 rings (SSSR count). The Morgan fingerprint density at radius 1 is 0.923 bits per heavy atom. The van der Waals surface area contributed by atoms with E-state index in [1.165, 1.54) is 0 Å². The van der Waals surface area contributed by atoms with E-state index in [1.54, 1.807) is 0 Å². The largest absolute Gasteiger partial charge is 0.380 e. The molecule has 3 nitrogen and oxygen atoms in total. The van der Waals surface area contributed by atoms with Crippen molar-refractivity contribution in [2.75, 3.05) is 39.5 Å². The van der Waals surface area contributed by atoms with Crippen LogP contribution in [0.3, 0.4) is 0 Å². The Morgan fingerprint density at radius 3 is 1.54 bits per heavy atom. The van der Waals surface area contributed by atoms with E-state index in [2.05, 4.69) is 19.2 Å². The molecule has 0 unspecified atom stereocenters. The lowest BCUT2D eigenvalue weighted by Crippen LogP contribution is -2.52. The van der Waals surface area contributed by atoms with Gasteiger partial charge in [-0.3, -0.25) is 0 Å². The molecule has 76 valence electrons. The van der Waals surface area contributed by atoms with Crippen molar-refractivity contribution in [1.29, 1.82) is 0 Å². The summed E-state index contributed by atoms with van der Waals surface area (Å²) >= 11 is 0. The zero-order valence-corrected chi connectivity index (χ0v) is 8.56. The lowest BCUT2D eigenvalue weighted by molar-refractivity contribution is -0.114. The summed E-state index contributed by atoms with van der Waals surface area (Å²) in [6.45, 7) is 10.3. The predicted octanol–water partition coefficient (Wildman–Crippen LogP) is 0.649. The van der Waals surface area contributed by atoms with Crippen LogP contribution in [0.2, 0.25) is 0 Å². The normalized spacial score (nSPS) is 29.1. The Morgan fingerprint density at radius 2 is 1.31 bits per heavy atom. The zero-order chi connectivity index (χ0) is 9.36. The average Bonchev–Trinajstić information content (AvgIpc) is 1.98. The summed E-state index contributed by atoms with van der Waals surface area (Å²) in [5.74, 6) is 0. The van der Waals surface area contributed by atoms with Crippen molar-refractivity contribution in [2.45, 2.75) is 13.8 Å². The first-order chi connectivity index (χ1) is 6.12. The van der Waals surface area contributed by atoms with Crippen LogP contribution in [0.5, 0.6) is 0 Å². The number of rotatable bonds is 4. The minimum absolute atomic E-state index is 0.390. The van der Waals surface area contributed by atoms with Gasteiger partial charge in [-0.25, -0.2) is 0 Å². The third-order valence-electron chi connectivity index (χ3n) is 2.91. The molecule has 0 spiro atoms. The summed E-state index contributed by atoms with van der Waals surface area (Å²) in [5, 5.41) is 3.51. The average molecular weight is 185 g/mol. The van der Waals surface area contributed by atoms with Gasteiger partial charge in [0.25, 0.3) is 0 Å². The fourth-order valence-electron chi connectivity index (χ4n) is 1.77. The summed E-state index contributed by atoms with van der Waals surface area (Å²) in [6.07, 6.45) is 0. The topological polar surface area (TPSA) is 30.5 Å². The van der Waals surface area contributed by atoms with Gasteiger partial charge in [-0.15, -0.1) is 0 Å². The molecule has 0 saturated carbocycles. The Bertz CT molecular complexity index is 165. The SMILES string of the molecule is CC1(CNCC2(C)COC2)COC1. The number of hydrogen-bond acceptors (Lipinski definition) is 3. The number of nitrogens with one attached hydrogen (secondary N) is 1. The highest BCUT2D eigenvalue weighted by atomic mass is 16.5. The fourth-order valence-corrected chi connectivity index (χ4v) is 1.77. The van der Waals surface area contributed by atoms with Crippen LogP contribution in [0, 0.1) is 10.8 Å². The standard InChI is InChI=1S/C10H19NO2/c1-9(5-12-6-9)3-11-4-10(2)7-13-8-10/h11H,3-8H2,1-2H3. The highest BCUT2D eigenvalue weighted by Gasteiger charge is 2.36. The van der Waals surface area contributed by atoms with Gasteiger partial charge in [0.1, 0.15) is 0 Å². The van der Waals surface area contributed by atoms with E-state index in [-0.39, 0.29) is 0 Å². The molecule has 2 aliphatic heterocycles. The number of hydrogen-bond donors (Lipinski definition) is 1. The highest BCUT2D eigenvalue weighted by molar-refractivity contribution is 4.87. The molecule has 0 amide bonds. The van der Waals surface area contributed by atoms with E-state index in [1.807, 2.05) is 0 Å². The van der Waals surface area contributed by atoms with E-state index in [4.69, 9.17) is 9.47 Å². The molecule has 2 saturated heterocycles. The van der Waals surface area contributed by atoms with Crippen LogP contribution < -0.4 is 5.32 Å². The molecule has 2 heterocycles. The van der Waals surface area contributed by atoms with Crippen LogP contribution in [0.1, 0.15) is 13.8 Å². The molecule has 0 radical (unpaired) electrons. The van der Waals surface area contributed by atoms with Crippen LogP contribution >= 0.6 is 0 Å². The van der Waals surface area contributed by atoms with Gasteiger partial charge in [-0.05, 0) is 0 Å². The van der Waals surface area contributed by atoms with E-state index in [0.29, 0.717) is 10.8 Å². The first-order valence-corrected chi connectivity index (χ1v) is 4.98. The minimum Gasteiger partial charge on any atom is -0.380 e. The van der Waals surface area contributed by atoms with Crippen LogP contribution in [0.25, 0.3) is 0 Å². The van der Waals surface area contributed by atoms with Crippen LogP contribution in [0.15, 0.2) is 0 Å². The van der Waals surface area contributed by atoms with Gasteiger partial charge >= 0.3 is 0 Å². The Balaban J connectivity index is 1.63. The minimum atomic E-state index is 0.390. The van der Waals surface area contributed by atoms with Crippen LogP contribution in [-0.4, -0.2) is 39.5 Å². The van der Waals surface area contributed by atoms with Crippen molar-refractivity contribution in [2.24, 2.45) is 10.8 Å². The maximum Gasteiger partial charge on any atom is 0.0554 e. The molecule has 0 aromatic rings. The molecule has 3 heteroatoms. The molecule has 0 atom stereocenters. The molecule has 0 aromatic heterocycles. The van der Waals surface area contributed by atoms with Gasteiger partial charge in [-0.2, -0.15) is 0 Å². The quantitative estimate of drug-likeness (QED) is 0.697. The molecule has 2 fully saturated rings. The second kappa shape index (κ2) is 3.23. The molecule has 1 N–H and O–H groups in total. The predicted molar refractivity (Wildman–Crippen MR) is 50.7 cm³/mol. The smallest absolute Gasteiger partial charge is 0.0554 e. The third-order valence-corrected chi connectivity index (χ3v) is 2.91. The Kier molecular flexibility index (Phi) is 2.34. The van der Waals surface area contributed by atoms with Gasteiger partial charge in [-0.1, -0.05) is 13.8 Å². The lowest BCUT2D eigenvalue weighted by atomic mass is 9.86. The first kappa shape index (κ1) is 9.44. The fraction of sp³-hybridized carbons (Fsp3) is 1.00. The molecule has 0 aromatic carbocycles. The first-order valence-electron chi connectivity index (χ1n) is 4.98. The second-order valence-electron chi connectivity index (χ2n) is 5.21. The van der Waals surface area contributed by atoms with E-state index < -0.39 is 0 Å². The van der Waals surface area contributed by atoms with Gasteiger partial charge < -0.3 is 14.8 Å². The van der Waals surface area contributed by atoms with Crippen molar-refractivity contribution in [3.63, 3.8) is 0 Å².